The number of hydrogen-bond donors (Lipinski definition) is 0. The third-order valence-electron chi connectivity index (χ3n) is 6.43. The quantitative estimate of drug-likeness (QED) is 0.172. The van der Waals surface area contributed by atoms with Crippen molar-refractivity contribution in [1.29, 1.82) is 0 Å². The van der Waals surface area contributed by atoms with Gasteiger partial charge in [-0.1, -0.05) is 72.1 Å². The number of hydrogen-bond acceptors (Lipinski definition) is 3. The van der Waals surface area contributed by atoms with Gasteiger partial charge in [0.1, 0.15) is 0 Å². The molecule has 191 valence electrons. The van der Waals surface area contributed by atoms with Gasteiger partial charge in [-0.15, -0.1) is 59.7 Å². The second-order valence-corrected chi connectivity index (χ2v) is 10.0. The van der Waals surface area contributed by atoms with Crippen molar-refractivity contribution in [2.45, 2.75) is 6.92 Å². The molecule has 3 heterocycles. The van der Waals surface area contributed by atoms with Gasteiger partial charge >= 0.3 is 0 Å². The van der Waals surface area contributed by atoms with E-state index in [1.165, 1.54) is 36.9 Å². The van der Waals surface area contributed by atoms with E-state index in [-0.39, 0.29) is 20.1 Å². The minimum absolute atomic E-state index is 0. The normalized spacial score (nSPS) is 10.5. The van der Waals surface area contributed by atoms with Gasteiger partial charge in [0.2, 0.25) is 0 Å². The standard InChI is InChI=1S/C18H14N.C17H10NS.Ir/c1-14-12-18(16-10-6-3-7-11-16)19-13-17(14)15-8-4-2-5-9-15;1-2-7-16-13(5-1)14-11-12(8-9-17(14)19-16)15-6-3-4-10-18-15;/h2-10,12-13H,1H3;1-7,9-11H;/q2*-1;. The van der Waals surface area contributed by atoms with Crippen LogP contribution in [0.25, 0.3) is 53.8 Å². The van der Waals surface area contributed by atoms with Crippen LogP contribution in [0.2, 0.25) is 0 Å². The van der Waals surface area contributed by atoms with Crippen LogP contribution < -0.4 is 0 Å². The van der Waals surface area contributed by atoms with Gasteiger partial charge in [0.25, 0.3) is 0 Å². The van der Waals surface area contributed by atoms with Crippen LogP contribution >= 0.6 is 11.3 Å². The molecule has 0 spiro atoms. The molecule has 0 aliphatic rings. The number of rotatable bonds is 3. The average molecular weight is 697 g/mol. The van der Waals surface area contributed by atoms with Crippen molar-refractivity contribution < 1.29 is 20.1 Å². The van der Waals surface area contributed by atoms with E-state index in [1.54, 1.807) is 0 Å². The monoisotopic (exact) mass is 697 g/mol. The number of thiophene rings is 1. The fourth-order valence-corrected chi connectivity index (χ4v) is 5.58. The van der Waals surface area contributed by atoms with Crippen LogP contribution in [0.3, 0.4) is 0 Å². The van der Waals surface area contributed by atoms with E-state index in [1.807, 2.05) is 84.4 Å². The van der Waals surface area contributed by atoms with Crippen molar-refractivity contribution in [1.82, 2.24) is 9.97 Å². The van der Waals surface area contributed by atoms with Gasteiger partial charge in [-0.05, 0) is 51.7 Å². The summed E-state index contributed by atoms with van der Waals surface area (Å²) in [7, 11) is 0. The van der Waals surface area contributed by atoms with Crippen molar-refractivity contribution in [3.05, 3.63) is 145 Å². The molecule has 39 heavy (non-hydrogen) atoms. The minimum Gasteiger partial charge on any atom is -0.305 e. The first-order valence-corrected chi connectivity index (χ1v) is 13.3. The summed E-state index contributed by atoms with van der Waals surface area (Å²) in [6.45, 7) is 2.12. The molecule has 4 aromatic carbocycles. The van der Waals surface area contributed by atoms with Gasteiger partial charge in [-0.3, -0.25) is 0 Å². The molecule has 7 rings (SSSR count). The number of pyridine rings is 2. The largest absolute Gasteiger partial charge is 0.305 e. The first-order valence-electron chi connectivity index (χ1n) is 12.5. The Morgan fingerprint density at radius 1 is 0.641 bits per heavy atom. The first kappa shape index (κ1) is 26.6. The van der Waals surface area contributed by atoms with Crippen molar-refractivity contribution in [3.8, 4) is 33.6 Å². The summed E-state index contributed by atoms with van der Waals surface area (Å²) in [4.78, 5) is 8.95. The van der Waals surface area contributed by atoms with E-state index in [0.29, 0.717) is 0 Å². The molecule has 0 fully saturated rings. The first-order chi connectivity index (χ1) is 18.8. The van der Waals surface area contributed by atoms with Crippen molar-refractivity contribution in [2.24, 2.45) is 0 Å². The molecule has 2 nitrogen and oxygen atoms in total. The molecule has 1 radical (unpaired) electrons. The maximum atomic E-state index is 4.55. The Kier molecular flexibility index (Phi) is 8.39. The Morgan fingerprint density at radius 3 is 2.21 bits per heavy atom. The van der Waals surface area contributed by atoms with Crippen LogP contribution in [0.5, 0.6) is 0 Å². The summed E-state index contributed by atoms with van der Waals surface area (Å²) >= 11 is 1.81. The number of nitrogens with zero attached hydrogens (tertiary/aromatic N) is 2. The smallest absolute Gasteiger partial charge is 0.0242 e. The zero-order valence-electron chi connectivity index (χ0n) is 21.3. The molecule has 0 aliphatic carbocycles. The SMILES string of the molecule is Cc1cc(-c2[c-]cccc2)ncc1-c1ccccc1.[Ir].[c-]1cc2sc3ccccc3c2cc1-c1ccccn1. The second kappa shape index (κ2) is 12.3. The van der Waals surface area contributed by atoms with Crippen molar-refractivity contribution >= 4 is 31.5 Å². The number of aryl methyl sites for hydroxylation is 1. The molecule has 7 aromatic rings. The molecule has 0 bridgehead atoms. The van der Waals surface area contributed by atoms with Crippen molar-refractivity contribution in [2.75, 3.05) is 0 Å². The van der Waals surface area contributed by atoms with E-state index < -0.39 is 0 Å². The van der Waals surface area contributed by atoms with Crippen LogP contribution in [0.4, 0.5) is 0 Å². The van der Waals surface area contributed by atoms with Gasteiger partial charge in [0, 0.05) is 42.8 Å². The summed E-state index contributed by atoms with van der Waals surface area (Å²) in [5.74, 6) is 0. The van der Waals surface area contributed by atoms with Crippen LogP contribution in [0.15, 0.2) is 128 Å². The molecule has 0 aliphatic heterocycles. The fourth-order valence-electron chi connectivity index (χ4n) is 4.52. The van der Waals surface area contributed by atoms with E-state index in [9.17, 15) is 0 Å². The molecule has 0 saturated heterocycles. The van der Waals surface area contributed by atoms with E-state index in [2.05, 4.69) is 83.6 Å². The maximum absolute atomic E-state index is 4.55. The Balaban J connectivity index is 0.000000154. The third-order valence-corrected chi connectivity index (χ3v) is 7.57. The predicted molar refractivity (Wildman–Crippen MR) is 160 cm³/mol. The van der Waals surface area contributed by atoms with Crippen molar-refractivity contribution in [3.63, 3.8) is 0 Å². The number of fused-ring (bicyclic) bond motifs is 3. The molecule has 0 saturated carbocycles. The number of benzene rings is 4. The molecule has 0 amide bonds. The topological polar surface area (TPSA) is 25.8 Å². The number of aromatic nitrogens is 2. The molecule has 3 aromatic heterocycles. The summed E-state index contributed by atoms with van der Waals surface area (Å²) in [5, 5.41) is 2.61. The summed E-state index contributed by atoms with van der Waals surface area (Å²) in [6.07, 6.45) is 3.76. The maximum Gasteiger partial charge on any atom is 0.0242 e. The van der Waals surface area contributed by atoms with Crippen LogP contribution in [-0.4, -0.2) is 9.97 Å². The van der Waals surface area contributed by atoms with E-state index in [4.69, 9.17) is 0 Å². The predicted octanol–water partition coefficient (Wildman–Crippen LogP) is 9.44. The molecule has 0 unspecified atom stereocenters. The fraction of sp³-hybridized carbons (Fsp3) is 0.0286. The Bertz CT molecular complexity index is 1810. The molecular weight excluding hydrogens is 673 g/mol. The third kappa shape index (κ3) is 5.89. The Hall–Kier alpha value is -3.95. The van der Waals surface area contributed by atoms with Gasteiger partial charge < -0.3 is 9.97 Å². The summed E-state index contributed by atoms with van der Waals surface area (Å²) in [5.41, 5.74) is 7.64. The Labute approximate surface area is 246 Å². The average Bonchev–Trinajstić information content (AvgIpc) is 3.37. The van der Waals surface area contributed by atoms with Gasteiger partial charge in [-0.2, -0.15) is 11.3 Å². The van der Waals surface area contributed by atoms with Crippen LogP contribution in [0, 0.1) is 19.1 Å². The molecule has 0 N–H and O–H groups in total. The molecule has 0 atom stereocenters. The van der Waals surface area contributed by atoms with Gasteiger partial charge in [-0.25, -0.2) is 0 Å². The second-order valence-electron chi connectivity index (χ2n) is 8.96. The summed E-state index contributed by atoms with van der Waals surface area (Å²) in [6, 6.07) is 45.7. The Morgan fingerprint density at radius 2 is 1.44 bits per heavy atom. The van der Waals surface area contributed by atoms with Gasteiger partial charge in [0.05, 0.1) is 0 Å². The summed E-state index contributed by atoms with van der Waals surface area (Å²) < 4.78 is 2.60. The molecule has 4 heteroatoms. The minimum atomic E-state index is 0. The zero-order valence-corrected chi connectivity index (χ0v) is 24.5. The van der Waals surface area contributed by atoms with E-state index >= 15 is 0 Å². The van der Waals surface area contributed by atoms with Crippen LogP contribution in [0.1, 0.15) is 5.56 Å². The van der Waals surface area contributed by atoms with Gasteiger partial charge in [0.15, 0.2) is 0 Å². The van der Waals surface area contributed by atoms with E-state index in [0.717, 1.165) is 22.5 Å². The molecular formula is C35H24IrN2S-2. The zero-order chi connectivity index (χ0) is 25.7. The van der Waals surface area contributed by atoms with Crippen LogP contribution in [-0.2, 0) is 20.1 Å².